The highest BCUT2D eigenvalue weighted by molar-refractivity contribution is 5.16. The summed E-state index contributed by atoms with van der Waals surface area (Å²) in [6, 6.07) is 21.8. The second-order valence-corrected chi connectivity index (χ2v) is 7.21. The Kier molecular flexibility index (Phi) is 10.2. The molecule has 0 fully saturated rings. The average molecular weight is 385 g/mol. The van der Waals surface area contributed by atoms with Gasteiger partial charge in [-0.05, 0) is 37.8 Å². The molecule has 0 saturated carbocycles. The lowest BCUT2D eigenvalue weighted by Crippen LogP contribution is -2.38. The summed E-state index contributed by atoms with van der Waals surface area (Å²) in [5.41, 5.74) is 2.67. The normalized spacial score (nSPS) is 13.8. The molecule has 0 radical (unpaired) electrons. The van der Waals surface area contributed by atoms with Crippen LogP contribution in [0.25, 0.3) is 0 Å². The SMILES string of the molecule is CCN(OCCON(CC)C(C)Cc1ccccc1)C(C)Cc1ccccc1. The van der Waals surface area contributed by atoms with Crippen LogP contribution in [0.3, 0.4) is 0 Å². The van der Waals surface area contributed by atoms with Gasteiger partial charge in [-0.2, -0.15) is 10.1 Å². The van der Waals surface area contributed by atoms with Crippen molar-refractivity contribution in [2.24, 2.45) is 0 Å². The topological polar surface area (TPSA) is 24.9 Å². The van der Waals surface area contributed by atoms with E-state index in [0.717, 1.165) is 25.9 Å². The van der Waals surface area contributed by atoms with Crippen LogP contribution in [-0.2, 0) is 22.5 Å². The third-order valence-corrected chi connectivity index (χ3v) is 4.95. The van der Waals surface area contributed by atoms with E-state index in [0.29, 0.717) is 25.3 Å². The molecule has 2 aromatic carbocycles. The summed E-state index contributed by atoms with van der Waals surface area (Å²) in [5.74, 6) is 0. The molecule has 0 heterocycles. The summed E-state index contributed by atoms with van der Waals surface area (Å²) in [5, 5.41) is 4.11. The Morgan fingerprint density at radius 2 is 1.00 bits per heavy atom. The van der Waals surface area contributed by atoms with Crippen molar-refractivity contribution < 1.29 is 9.68 Å². The Labute approximate surface area is 171 Å². The molecule has 2 aromatic rings. The highest BCUT2D eigenvalue weighted by Gasteiger charge is 2.16. The van der Waals surface area contributed by atoms with Gasteiger partial charge in [0.1, 0.15) is 0 Å². The van der Waals surface area contributed by atoms with Crippen molar-refractivity contribution in [2.75, 3.05) is 26.3 Å². The van der Waals surface area contributed by atoms with Gasteiger partial charge in [0.25, 0.3) is 0 Å². The van der Waals surface area contributed by atoms with Crippen LogP contribution in [0.1, 0.15) is 38.8 Å². The van der Waals surface area contributed by atoms with Crippen LogP contribution >= 0.6 is 0 Å². The fourth-order valence-electron chi connectivity index (χ4n) is 3.48. The van der Waals surface area contributed by atoms with Gasteiger partial charge in [0.2, 0.25) is 0 Å². The Morgan fingerprint density at radius 1 is 0.643 bits per heavy atom. The minimum atomic E-state index is 0.326. The molecule has 28 heavy (non-hydrogen) atoms. The van der Waals surface area contributed by atoms with Gasteiger partial charge in [-0.3, -0.25) is 9.68 Å². The van der Waals surface area contributed by atoms with E-state index in [1.54, 1.807) is 0 Å². The van der Waals surface area contributed by atoms with Crippen molar-refractivity contribution in [1.82, 2.24) is 10.1 Å². The lowest BCUT2D eigenvalue weighted by atomic mass is 10.1. The van der Waals surface area contributed by atoms with E-state index in [9.17, 15) is 0 Å². The van der Waals surface area contributed by atoms with E-state index >= 15 is 0 Å². The van der Waals surface area contributed by atoms with E-state index in [1.165, 1.54) is 11.1 Å². The summed E-state index contributed by atoms with van der Waals surface area (Å²) in [6.07, 6.45) is 1.95. The molecule has 0 aliphatic carbocycles. The van der Waals surface area contributed by atoms with Crippen LogP contribution < -0.4 is 0 Å². The van der Waals surface area contributed by atoms with Crippen LogP contribution in [-0.4, -0.2) is 48.5 Å². The summed E-state index contributed by atoms with van der Waals surface area (Å²) in [4.78, 5) is 12.0. The van der Waals surface area contributed by atoms with Crippen molar-refractivity contribution in [1.29, 1.82) is 0 Å². The van der Waals surface area contributed by atoms with E-state index in [1.807, 2.05) is 0 Å². The molecular formula is C24H36N2O2. The van der Waals surface area contributed by atoms with Crippen molar-refractivity contribution in [3.63, 3.8) is 0 Å². The number of hydrogen-bond donors (Lipinski definition) is 0. The summed E-state index contributed by atoms with van der Waals surface area (Å²) >= 11 is 0. The monoisotopic (exact) mass is 384 g/mol. The number of nitrogens with zero attached hydrogens (tertiary/aromatic N) is 2. The molecule has 0 bridgehead atoms. The molecular weight excluding hydrogens is 348 g/mol. The molecule has 2 rings (SSSR count). The van der Waals surface area contributed by atoms with Crippen molar-refractivity contribution in [3.05, 3.63) is 71.8 Å². The minimum Gasteiger partial charge on any atom is -0.296 e. The minimum absolute atomic E-state index is 0.326. The fraction of sp³-hybridized carbons (Fsp3) is 0.500. The molecule has 0 spiro atoms. The maximum absolute atomic E-state index is 6.00. The smallest absolute Gasteiger partial charge is 0.0939 e. The zero-order valence-corrected chi connectivity index (χ0v) is 17.9. The summed E-state index contributed by atoms with van der Waals surface area (Å²) in [6.45, 7) is 11.5. The third kappa shape index (κ3) is 7.72. The van der Waals surface area contributed by atoms with Gasteiger partial charge in [0.05, 0.1) is 13.2 Å². The van der Waals surface area contributed by atoms with Crippen LogP contribution in [0.2, 0.25) is 0 Å². The molecule has 0 aliphatic heterocycles. The van der Waals surface area contributed by atoms with E-state index in [-0.39, 0.29) is 0 Å². The molecule has 0 N–H and O–H groups in total. The molecule has 2 unspecified atom stereocenters. The zero-order chi connectivity index (χ0) is 20.2. The van der Waals surface area contributed by atoms with Gasteiger partial charge in [-0.1, -0.05) is 74.5 Å². The average Bonchev–Trinajstić information content (AvgIpc) is 2.72. The lowest BCUT2D eigenvalue weighted by Gasteiger charge is -2.29. The molecule has 0 amide bonds. The Balaban J connectivity index is 1.72. The molecule has 0 aromatic heterocycles. The predicted molar refractivity (Wildman–Crippen MR) is 116 cm³/mol. The van der Waals surface area contributed by atoms with Gasteiger partial charge < -0.3 is 0 Å². The Hall–Kier alpha value is -1.72. The number of hydrogen-bond acceptors (Lipinski definition) is 4. The lowest BCUT2D eigenvalue weighted by molar-refractivity contribution is -0.231. The van der Waals surface area contributed by atoms with Crippen molar-refractivity contribution in [3.8, 4) is 0 Å². The first kappa shape index (κ1) is 22.6. The Morgan fingerprint density at radius 3 is 1.32 bits per heavy atom. The predicted octanol–water partition coefficient (Wildman–Crippen LogP) is 4.76. The fourth-order valence-corrected chi connectivity index (χ4v) is 3.48. The molecule has 0 aliphatic rings. The third-order valence-electron chi connectivity index (χ3n) is 4.95. The van der Waals surface area contributed by atoms with Crippen LogP contribution in [0.4, 0.5) is 0 Å². The first-order valence-electron chi connectivity index (χ1n) is 10.5. The molecule has 4 heteroatoms. The summed E-state index contributed by atoms with van der Waals surface area (Å²) < 4.78 is 0. The number of benzene rings is 2. The number of likely N-dealkylation sites (N-methyl/N-ethyl adjacent to an activating group) is 2. The largest absolute Gasteiger partial charge is 0.296 e. The summed E-state index contributed by atoms with van der Waals surface area (Å²) in [7, 11) is 0. The maximum atomic E-state index is 6.00. The second kappa shape index (κ2) is 12.7. The van der Waals surface area contributed by atoms with Crippen LogP contribution in [0, 0.1) is 0 Å². The Bertz CT molecular complexity index is 578. The van der Waals surface area contributed by atoms with E-state index < -0.39 is 0 Å². The standard InChI is InChI=1S/C24H36N2O2/c1-5-25(21(3)19-23-13-9-7-10-14-23)27-17-18-28-26(6-2)22(4)20-24-15-11-8-12-16-24/h7-16,21-22H,5-6,17-20H2,1-4H3. The van der Waals surface area contributed by atoms with Gasteiger partial charge in [0, 0.05) is 25.2 Å². The van der Waals surface area contributed by atoms with Gasteiger partial charge >= 0.3 is 0 Å². The van der Waals surface area contributed by atoms with Crippen molar-refractivity contribution in [2.45, 2.75) is 52.6 Å². The van der Waals surface area contributed by atoms with Gasteiger partial charge in [-0.25, -0.2) is 0 Å². The second-order valence-electron chi connectivity index (χ2n) is 7.21. The number of hydroxylamine groups is 4. The molecule has 0 saturated heterocycles. The first-order chi connectivity index (χ1) is 13.6. The van der Waals surface area contributed by atoms with E-state index in [2.05, 4.69) is 98.5 Å². The van der Waals surface area contributed by atoms with Gasteiger partial charge in [-0.15, -0.1) is 0 Å². The highest BCUT2D eigenvalue weighted by Crippen LogP contribution is 2.11. The van der Waals surface area contributed by atoms with Crippen LogP contribution in [0.5, 0.6) is 0 Å². The molecule has 2 atom stereocenters. The zero-order valence-electron chi connectivity index (χ0n) is 17.9. The van der Waals surface area contributed by atoms with Crippen molar-refractivity contribution >= 4 is 0 Å². The van der Waals surface area contributed by atoms with Crippen LogP contribution in [0.15, 0.2) is 60.7 Å². The maximum Gasteiger partial charge on any atom is 0.0939 e. The number of rotatable bonds is 13. The quantitative estimate of drug-likeness (QED) is 0.367. The first-order valence-corrected chi connectivity index (χ1v) is 10.5. The van der Waals surface area contributed by atoms with Gasteiger partial charge in [0.15, 0.2) is 0 Å². The van der Waals surface area contributed by atoms with E-state index in [4.69, 9.17) is 9.68 Å². The molecule has 154 valence electrons. The molecule has 4 nitrogen and oxygen atoms in total. The highest BCUT2D eigenvalue weighted by atomic mass is 16.7.